The van der Waals surface area contributed by atoms with Crippen LogP contribution in [0.2, 0.25) is 0 Å². The van der Waals surface area contributed by atoms with Crippen molar-refractivity contribution in [2.24, 2.45) is 0 Å². The van der Waals surface area contributed by atoms with E-state index in [1.54, 1.807) is 30.5 Å². The SMILES string of the molecule is C[C@H](O)c1nccn1[C@@H](C#Cc1cc(F)c(-c2ccc(O[C@@H]3COC[C@H]3O)cc2)cc1F)CO. The van der Waals surface area contributed by atoms with Crippen LogP contribution in [0.1, 0.15) is 30.5 Å². The number of ether oxygens (including phenoxy) is 2. The number of imidazole rings is 1. The topological polar surface area (TPSA) is 97.0 Å². The van der Waals surface area contributed by atoms with Gasteiger partial charge in [0.2, 0.25) is 0 Å². The molecule has 4 rings (SSSR count). The molecule has 1 saturated heterocycles. The van der Waals surface area contributed by atoms with E-state index in [0.717, 1.165) is 12.1 Å². The molecule has 9 heteroatoms. The molecule has 7 nitrogen and oxygen atoms in total. The zero-order valence-electron chi connectivity index (χ0n) is 18.4. The Bertz CT molecular complexity index is 1200. The first kappa shape index (κ1) is 23.9. The highest BCUT2D eigenvalue weighted by Crippen LogP contribution is 2.28. The molecule has 3 aromatic rings. The quantitative estimate of drug-likeness (QED) is 0.480. The summed E-state index contributed by atoms with van der Waals surface area (Å²) in [5, 5.41) is 29.3. The van der Waals surface area contributed by atoms with E-state index in [9.17, 15) is 24.1 Å². The lowest BCUT2D eigenvalue weighted by molar-refractivity contribution is 0.0733. The van der Waals surface area contributed by atoms with Crippen LogP contribution in [0.5, 0.6) is 5.75 Å². The molecule has 4 atom stereocenters. The van der Waals surface area contributed by atoms with Gasteiger partial charge in [-0.2, -0.15) is 0 Å². The summed E-state index contributed by atoms with van der Waals surface area (Å²) in [5.41, 5.74) is 0.344. The molecular weight excluding hydrogens is 446 g/mol. The molecule has 2 aromatic carbocycles. The molecule has 0 radical (unpaired) electrons. The largest absolute Gasteiger partial charge is 0.485 e. The third-order valence-electron chi connectivity index (χ3n) is 5.46. The number of halogens is 2. The summed E-state index contributed by atoms with van der Waals surface area (Å²) in [6, 6.07) is 7.70. The Labute approximate surface area is 195 Å². The van der Waals surface area contributed by atoms with Crippen LogP contribution in [-0.2, 0) is 4.74 Å². The Hall–Kier alpha value is -3.29. The molecule has 3 N–H and O–H groups in total. The van der Waals surface area contributed by atoms with E-state index < -0.39 is 42.6 Å². The van der Waals surface area contributed by atoms with Crippen molar-refractivity contribution in [1.82, 2.24) is 9.55 Å². The molecule has 0 unspecified atom stereocenters. The number of benzene rings is 2. The van der Waals surface area contributed by atoms with Gasteiger partial charge in [0.05, 0.1) is 25.4 Å². The number of nitrogens with zero attached hydrogens (tertiary/aromatic N) is 2. The maximum atomic E-state index is 14.8. The molecule has 0 spiro atoms. The van der Waals surface area contributed by atoms with Crippen molar-refractivity contribution < 1.29 is 33.6 Å². The summed E-state index contributed by atoms with van der Waals surface area (Å²) in [7, 11) is 0. The number of aliphatic hydroxyl groups is 3. The maximum Gasteiger partial charge on any atom is 0.150 e. The van der Waals surface area contributed by atoms with Crippen molar-refractivity contribution in [1.29, 1.82) is 0 Å². The highest BCUT2D eigenvalue weighted by atomic mass is 19.1. The van der Waals surface area contributed by atoms with Crippen LogP contribution < -0.4 is 4.74 Å². The first-order valence-corrected chi connectivity index (χ1v) is 10.7. The molecular formula is C25H24F2N2O5. The van der Waals surface area contributed by atoms with Crippen LogP contribution in [0, 0.1) is 23.5 Å². The highest BCUT2D eigenvalue weighted by Gasteiger charge is 2.28. The van der Waals surface area contributed by atoms with Gasteiger partial charge >= 0.3 is 0 Å². The summed E-state index contributed by atoms with van der Waals surface area (Å²) in [4.78, 5) is 4.03. The standard InChI is InChI=1S/C25H24F2N2O5/c1-15(31)25-28-8-9-29(25)18(12-30)5-2-17-10-22(27)20(11-21(17)26)16-3-6-19(7-4-16)34-24-14-33-13-23(24)32/h3-4,6-11,15,18,23-24,30-32H,12-14H2,1H3/t15-,18-,23+,24+/m0/s1. The van der Waals surface area contributed by atoms with Gasteiger partial charge in [-0.05, 0) is 36.8 Å². The summed E-state index contributed by atoms with van der Waals surface area (Å²) in [6.07, 6.45) is 0.942. The molecule has 0 amide bonds. The van der Waals surface area contributed by atoms with E-state index in [2.05, 4.69) is 16.8 Å². The van der Waals surface area contributed by atoms with E-state index in [4.69, 9.17) is 9.47 Å². The lowest BCUT2D eigenvalue weighted by Crippen LogP contribution is -2.29. The smallest absolute Gasteiger partial charge is 0.150 e. The second-order valence-corrected chi connectivity index (χ2v) is 7.93. The van der Waals surface area contributed by atoms with Crippen molar-refractivity contribution in [3.63, 3.8) is 0 Å². The Morgan fingerprint density at radius 2 is 1.97 bits per heavy atom. The minimum Gasteiger partial charge on any atom is -0.485 e. The van der Waals surface area contributed by atoms with Crippen molar-refractivity contribution in [3.05, 3.63) is 71.8 Å². The van der Waals surface area contributed by atoms with Gasteiger partial charge in [-0.25, -0.2) is 13.8 Å². The van der Waals surface area contributed by atoms with Crippen LogP contribution >= 0.6 is 0 Å². The summed E-state index contributed by atoms with van der Waals surface area (Å²) in [6.45, 7) is 1.62. The van der Waals surface area contributed by atoms with Gasteiger partial charge in [-0.1, -0.05) is 24.0 Å². The van der Waals surface area contributed by atoms with Crippen LogP contribution in [-0.4, -0.2) is 56.9 Å². The Kier molecular flexibility index (Phi) is 7.24. The Morgan fingerprint density at radius 1 is 1.21 bits per heavy atom. The van der Waals surface area contributed by atoms with Gasteiger partial charge in [0.1, 0.15) is 47.6 Å². The molecule has 2 heterocycles. The first-order chi connectivity index (χ1) is 16.4. The summed E-state index contributed by atoms with van der Waals surface area (Å²) >= 11 is 0. The number of hydrogen-bond acceptors (Lipinski definition) is 6. The van der Waals surface area contributed by atoms with Crippen molar-refractivity contribution in [2.75, 3.05) is 19.8 Å². The Balaban J connectivity index is 1.54. The first-order valence-electron chi connectivity index (χ1n) is 10.7. The fourth-order valence-electron chi connectivity index (χ4n) is 3.66. The minimum atomic E-state index is -0.882. The summed E-state index contributed by atoms with van der Waals surface area (Å²) in [5.74, 6) is 4.70. The number of rotatable bonds is 6. The molecule has 1 aliphatic rings. The van der Waals surface area contributed by atoms with Gasteiger partial charge in [-0.15, -0.1) is 0 Å². The van der Waals surface area contributed by atoms with Crippen LogP contribution in [0.15, 0.2) is 48.8 Å². The molecule has 1 fully saturated rings. The molecule has 0 aliphatic carbocycles. The van der Waals surface area contributed by atoms with E-state index in [1.807, 2.05) is 0 Å². The summed E-state index contributed by atoms with van der Waals surface area (Å²) < 4.78 is 41.9. The molecule has 34 heavy (non-hydrogen) atoms. The third-order valence-corrected chi connectivity index (χ3v) is 5.46. The zero-order valence-corrected chi connectivity index (χ0v) is 18.4. The Morgan fingerprint density at radius 3 is 2.62 bits per heavy atom. The van der Waals surface area contributed by atoms with Gasteiger partial charge in [0.25, 0.3) is 0 Å². The molecule has 1 aliphatic heterocycles. The lowest BCUT2D eigenvalue weighted by Gasteiger charge is -2.15. The van der Waals surface area contributed by atoms with Crippen molar-refractivity contribution >= 4 is 0 Å². The van der Waals surface area contributed by atoms with Crippen molar-refractivity contribution in [3.8, 4) is 28.7 Å². The monoisotopic (exact) mass is 470 g/mol. The highest BCUT2D eigenvalue weighted by molar-refractivity contribution is 5.66. The fourth-order valence-corrected chi connectivity index (χ4v) is 3.66. The third kappa shape index (κ3) is 5.11. The molecule has 178 valence electrons. The van der Waals surface area contributed by atoms with Gasteiger partial charge in [-0.3, -0.25) is 0 Å². The van der Waals surface area contributed by atoms with E-state index in [0.29, 0.717) is 17.1 Å². The normalized spacial score (nSPS) is 19.4. The van der Waals surface area contributed by atoms with Gasteiger partial charge < -0.3 is 29.4 Å². The van der Waals surface area contributed by atoms with Crippen LogP contribution in [0.3, 0.4) is 0 Å². The lowest BCUT2D eigenvalue weighted by atomic mass is 10.0. The van der Waals surface area contributed by atoms with E-state index in [-0.39, 0.29) is 24.3 Å². The maximum absolute atomic E-state index is 14.8. The van der Waals surface area contributed by atoms with Gasteiger partial charge in [0.15, 0.2) is 0 Å². The number of aliphatic hydroxyl groups excluding tert-OH is 3. The van der Waals surface area contributed by atoms with E-state index in [1.165, 1.54) is 17.7 Å². The zero-order chi connectivity index (χ0) is 24.2. The average Bonchev–Trinajstić information content (AvgIpc) is 3.46. The second kappa shape index (κ2) is 10.3. The average molecular weight is 470 g/mol. The predicted octanol–water partition coefficient (Wildman–Crippen LogP) is 2.61. The van der Waals surface area contributed by atoms with E-state index >= 15 is 0 Å². The molecule has 0 bridgehead atoms. The van der Waals surface area contributed by atoms with Gasteiger partial charge in [0, 0.05) is 18.0 Å². The van der Waals surface area contributed by atoms with Crippen LogP contribution in [0.4, 0.5) is 8.78 Å². The number of hydrogen-bond donors (Lipinski definition) is 3. The second-order valence-electron chi connectivity index (χ2n) is 7.93. The van der Waals surface area contributed by atoms with Crippen molar-refractivity contribution in [2.45, 2.75) is 31.3 Å². The van der Waals surface area contributed by atoms with Crippen LogP contribution in [0.25, 0.3) is 11.1 Å². The predicted molar refractivity (Wildman–Crippen MR) is 119 cm³/mol. The molecule has 0 saturated carbocycles. The minimum absolute atomic E-state index is 0.0588. The number of aromatic nitrogens is 2. The molecule has 1 aromatic heterocycles. The fraction of sp³-hybridized carbons (Fsp3) is 0.320.